The second-order valence-electron chi connectivity index (χ2n) is 23.1. The van der Waals surface area contributed by atoms with Crippen LogP contribution in [0.4, 0.5) is 0 Å². The van der Waals surface area contributed by atoms with Gasteiger partial charge in [-0.15, -0.1) is 0 Å². The molecule has 450 valence electrons. The molecule has 0 heterocycles. The maximum Gasteiger partial charge on any atom is 0.306 e. The van der Waals surface area contributed by atoms with Crippen molar-refractivity contribution < 1.29 is 28.6 Å². The summed E-state index contributed by atoms with van der Waals surface area (Å²) in [5.41, 5.74) is 0. The van der Waals surface area contributed by atoms with Crippen LogP contribution in [0.2, 0.25) is 0 Å². The fraction of sp³-hybridized carbons (Fsp3) is 0.845. The highest BCUT2D eigenvalue weighted by Crippen LogP contribution is 2.19. The lowest BCUT2D eigenvalue weighted by Gasteiger charge is -2.18. The van der Waals surface area contributed by atoms with Crippen LogP contribution < -0.4 is 0 Å². The summed E-state index contributed by atoms with van der Waals surface area (Å²) < 4.78 is 16.8. The van der Waals surface area contributed by atoms with Crippen molar-refractivity contribution in [2.45, 2.75) is 374 Å². The van der Waals surface area contributed by atoms with E-state index >= 15 is 0 Å². The highest BCUT2D eigenvalue weighted by atomic mass is 16.6. The molecule has 0 bridgehead atoms. The lowest BCUT2D eigenvalue weighted by molar-refractivity contribution is -0.167. The van der Waals surface area contributed by atoms with E-state index in [1.807, 2.05) is 0 Å². The third-order valence-electron chi connectivity index (χ3n) is 15.3. The summed E-state index contributed by atoms with van der Waals surface area (Å²) in [5.74, 6) is -0.877. The minimum atomic E-state index is -0.773. The Morgan fingerprint density at radius 1 is 0.273 bits per heavy atom. The fourth-order valence-corrected chi connectivity index (χ4v) is 10.3. The highest BCUT2D eigenvalue weighted by molar-refractivity contribution is 5.71. The van der Waals surface area contributed by atoms with Gasteiger partial charge in [-0.3, -0.25) is 14.4 Å². The quantitative estimate of drug-likeness (QED) is 0.0261. The number of hydrogen-bond donors (Lipinski definition) is 0. The second kappa shape index (κ2) is 65.9. The van der Waals surface area contributed by atoms with E-state index < -0.39 is 6.10 Å². The summed E-state index contributed by atoms with van der Waals surface area (Å²) >= 11 is 0. The van der Waals surface area contributed by atoms with Crippen molar-refractivity contribution in [3.05, 3.63) is 48.6 Å². The molecule has 0 fully saturated rings. The lowest BCUT2D eigenvalue weighted by Crippen LogP contribution is -2.30. The molecule has 0 saturated carbocycles. The van der Waals surface area contributed by atoms with E-state index in [1.54, 1.807) is 0 Å². The Balaban J connectivity index is 3.90. The lowest BCUT2D eigenvalue weighted by atomic mass is 10.0. The molecule has 0 N–H and O–H groups in total. The molecule has 0 aromatic rings. The van der Waals surface area contributed by atoms with Crippen molar-refractivity contribution in [2.24, 2.45) is 0 Å². The number of hydrogen-bond acceptors (Lipinski definition) is 6. The summed E-state index contributed by atoms with van der Waals surface area (Å²) in [6, 6.07) is 0. The molecule has 77 heavy (non-hydrogen) atoms. The molecule has 0 aromatic carbocycles. The van der Waals surface area contributed by atoms with Gasteiger partial charge in [0.05, 0.1) is 0 Å². The molecular formula is C71H130O6. The van der Waals surface area contributed by atoms with E-state index in [1.165, 1.54) is 231 Å². The molecule has 0 aromatic heterocycles. The Kier molecular flexibility index (Phi) is 63.6. The van der Waals surface area contributed by atoms with Crippen LogP contribution in [0.25, 0.3) is 0 Å². The number of rotatable bonds is 63. The maximum absolute atomic E-state index is 12.8. The van der Waals surface area contributed by atoms with Gasteiger partial charge in [0.25, 0.3) is 0 Å². The molecule has 0 spiro atoms. The molecule has 0 rings (SSSR count). The molecule has 0 radical (unpaired) electrons. The first kappa shape index (κ1) is 74.4. The number of carbonyl (C=O) groups excluding carboxylic acids is 3. The van der Waals surface area contributed by atoms with Crippen LogP contribution in [0.5, 0.6) is 0 Å². The van der Waals surface area contributed by atoms with Crippen LogP contribution in [0.1, 0.15) is 367 Å². The standard InChI is InChI=1S/C71H130O6/c1-4-7-10-13-15-17-19-21-23-25-27-29-30-31-32-33-34-35-36-37-38-39-40-42-43-45-47-49-51-53-55-58-61-64-70(73)76-67-68(66-75-69(72)63-60-57-12-9-6-3)77-71(74)65-62-59-56-54-52-50-48-46-44-41-28-26-24-22-20-18-16-14-11-8-5-2/h8,11,16,18,22,24,28,41,68H,4-7,9-10,12-15,17,19-21,23,25-27,29-40,42-67H2,1-3H3/b11-8-,18-16-,24-22-,41-28-. The molecular weight excluding hydrogens is 949 g/mol. The Hall–Kier alpha value is -2.63. The number of ether oxygens (including phenoxy) is 3. The minimum Gasteiger partial charge on any atom is -0.462 e. The Morgan fingerprint density at radius 2 is 0.506 bits per heavy atom. The SMILES string of the molecule is CC/C=C\C/C=C\C/C=C\C/C=C\CCCCCCCCCCC(=O)OC(COC(=O)CCCCCCC)COC(=O)CCCCCCCCCCCCCCCCCCCCCCCCCCCCCCCCCCC. The van der Waals surface area contributed by atoms with Crippen molar-refractivity contribution >= 4 is 17.9 Å². The fourth-order valence-electron chi connectivity index (χ4n) is 10.3. The van der Waals surface area contributed by atoms with Gasteiger partial charge >= 0.3 is 17.9 Å². The molecule has 6 heteroatoms. The smallest absolute Gasteiger partial charge is 0.306 e. The largest absolute Gasteiger partial charge is 0.462 e. The van der Waals surface area contributed by atoms with Crippen LogP contribution in [0, 0.1) is 0 Å². The Bertz CT molecular complexity index is 1330. The van der Waals surface area contributed by atoms with Crippen molar-refractivity contribution in [3.63, 3.8) is 0 Å². The van der Waals surface area contributed by atoms with Crippen molar-refractivity contribution in [1.29, 1.82) is 0 Å². The van der Waals surface area contributed by atoms with E-state index in [0.29, 0.717) is 19.3 Å². The summed E-state index contributed by atoms with van der Waals surface area (Å²) in [6.45, 7) is 6.49. The van der Waals surface area contributed by atoms with Gasteiger partial charge in [0.2, 0.25) is 0 Å². The Labute approximate surface area is 479 Å². The maximum atomic E-state index is 12.8. The van der Waals surface area contributed by atoms with Crippen LogP contribution in [-0.2, 0) is 28.6 Å². The summed E-state index contributed by atoms with van der Waals surface area (Å²) in [7, 11) is 0. The van der Waals surface area contributed by atoms with Gasteiger partial charge in [-0.25, -0.2) is 0 Å². The Morgan fingerprint density at radius 3 is 0.792 bits per heavy atom. The van der Waals surface area contributed by atoms with Gasteiger partial charge in [0.1, 0.15) is 13.2 Å². The average Bonchev–Trinajstić information content (AvgIpc) is 3.43. The van der Waals surface area contributed by atoms with Crippen molar-refractivity contribution in [1.82, 2.24) is 0 Å². The molecule has 0 aliphatic rings. The molecule has 0 amide bonds. The topological polar surface area (TPSA) is 78.9 Å². The number of allylic oxidation sites excluding steroid dienone is 8. The minimum absolute atomic E-state index is 0.0731. The van der Waals surface area contributed by atoms with E-state index in [4.69, 9.17) is 14.2 Å². The molecule has 1 atom stereocenters. The second-order valence-corrected chi connectivity index (χ2v) is 23.1. The molecule has 0 saturated heterocycles. The van der Waals surface area contributed by atoms with Gasteiger partial charge in [-0.2, -0.15) is 0 Å². The van der Waals surface area contributed by atoms with Gasteiger partial charge < -0.3 is 14.2 Å². The molecule has 6 nitrogen and oxygen atoms in total. The van der Waals surface area contributed by atoms with E-state index in [9.17, 15) is 14.4 Å². The van der Waals surface area contributed by atoms with Gasteiger partial charge in [-0.1, -0.05) is 339 Å². The summed E-state index contributed by atoms with van der Waals surface area (Å²) in [5, 5.41) is 0. The van der Waals surface area contributed by atoms with Crippen LogP contribution >= 0.6 is 0 Å². The van der Waals surface area contributed by atoms with Crippen LogP contribution in [0.15, 0.2) is 48.6 Å². The third-order valence-corrected chi connectivity index (χ3v) is 15.3. The third kappa shape index (κ3) is 64.1. The zero-order chi connectivity index (χ0) is 55.7. The van der Waals surface area contributed by atoms with Crippen molar-refractivity contribution in [3.8, 4) is 0 Å². The van der Waals surface area contributed by atoms with Crippen LogP contribution in [-0.4, -0.2) is 37.2 Å². The van der Waals surface area contributed by atoms with Crippen molar-refractivity contribution in [2.75, 3.05) is 13.2 Å². The number of carbonyl (C=O) groups is 3. The first-order valence-electron chi connectivity index (χ1n) is 34.1. The average molecular weight is 1080 g/mol. The van der Waals surface area contributed by atoms with Crippen LogP contribution in [0.3, 0.4) is 0 Å². The number of esters is 3. The van der Waals surface area contributed by atoms with Gasteiger partial charge in [0, 0.05) is 19.3 Å². The summed E-state index contributed by atoms with van der Waals surface area (Å²) in [6.07, 6.45) is 83.5. The molecule has 0 aliphatic carbocycles. The molecule has 1 unspecified atom stereocenters. The molecule has 0 aliphatic heterocycles. The zero-order valence-electron chi connectivity index (χ0n) is 51.7. The monoisotopic (exact) mass is 1080 g/mol. The first-order chi connectivity index (χ1) is 38.0. The van der Waals surface area contributed by atoms with E-state index in [2.05, 4.69) is 69.4 Å². The first-order valence-corrected chi connectivity index (χ1v) is 34.1. The predicted molar refractivity (Wildman–Crippen MR) is 335 cm³/mol. The van der Waals surface area contributed by atoms with Gasteiger partial charge in [0.15, 0.2) is 6.10 Å². The number of unbranched alkanes of at least 4 members (excludes halogenated alkanes) is 44. The summed E-state index contributed by atoms with van der Waals surface area (Å²) in [4.78, 5) is 37.9. The highest BCUT2D eigenvalue weighted by Gasteiger charge is 2.19. The zero-order valence-corrected chi connectivity index (χ0v) is 51.7. The predicted octanol–water partition coefficient (Wildman–Crippen LogP) is 23.3. The van der Waals surface area contributed by atoms with E-state index in [-0.39, 0.29) is 31.1 Å². The van der Waals surface area contributed by atoms with Gasteiger partial charge in [-0.05, 0) is 57.8 Å². The normalized spacial score (nSPS) is 12.3. The van der Waals surface area contributed by atoms with E-state index in [0.717, 1.165) is 96.3 Å².